The number of hydrogen-bond donors (Lipinski definition) is 1. The molecular weight excluding hydrogens is 232 g/mol. The standard InChI is InChI=1S/C17H26N2/c1-17(13-18,11-14-7-8-14)19-10-9-16(12-19)15-5-3-2-4-6-15/h2-6,14,16H,7-13,18H2,1H3. The van der Waals surface area contributed by atoms with Crippen molar-refractivity contribution in [2.75, 3.05) is 19.6 Å². The van der Waals surface area contributed by atoms with Crippen LogP contribution in [0.15, 0.2) is 30.3 Å². The Morgan fingerprint density at radius 1 is 1.21 bits per heavy atom. The second kappa shape index (κ2) is 5.26. The SMILES string of the molecule is CC(CN)(CC1CC1)N1CCC(c2ccccc2)C1. The zero-order chi connectivity index (χ0) is 13.3. The molecule has 1 saturated carbocycles. The molecule has 1 aliphatic heterocycles. The first-order chi connectivity index (χ1) is 9.21. The molecule has 0 aromatic heterocycles. The summed E-state index contributed by atoms with van der Waals surface area (Å²) in [5.74, 6) is 1.65. The zero-order valence-electron chi connectivity index (χ0n) is 12.0. The molecule has 3 rings (SSSR count). The third-order valence-corrected chi connectivity index (χ3v) is 5.09. The number of hydrogen-bond acceptors (Lipinski definition) is 2. The van der Waals surface area contributed by atoms with Gasteiger partial charge in [-0.25, -0.2) is 0 Å². The largest absolute Gasteiger partial charge is 0.329 e. The second-order valence-corrected chi connectivity index (χ2v) is 6.69. The monoisotopic (exact) mass is 258 g/mol. The molecule has 1 aromatic rings. The van der Waals surface area contributed by atoms with Gasteiger partial charge in [0.2, 0.25) is 0 Å². The molecule has 2 aliphatic rings. The third-order valence-electron chi connectivity index (χ3n) is 5.09. The lowest BCUT2D eigenvalue weighted by Gasteiger charge is -2.38. The quantitative estimate of drug-likeness (QED) is 0.879. The van der Waals surface area contributed by atoms with E-state index in [-0.39, 0.29) is 5.54 Å². The summed E-state index contributed by atoms with van der Waals surface area (Å²) < 4.78 is 0. The van der Waals surface area contributed by atoms with E-state index < -0.39 is 0 Å². The number of rotatable bonds is 5. The molecule has 2 unspecified atom stereocenters. The predicted molar refractivity (Wildman–Crippen MR) is 80.2 cm³/mol. The van der Waals surface area contributed by atoms with Crippen molar-refractivity contribution in [3.8, 4) is 0 Å². The predicted octanol–water partition coefficient (Wildman–Crippen LogP) is 2.99. The van der Waals surface area contributed by atoms with Crippen molar-refractivity contribution >= 4 is 0 Å². The van der Waals surface area contributed by atoms with Crippen LogP contribution < -0.4 is 5.73 Å². The van der Waals surface area contributed by atoms with Crippen LogP contribution in [0, 0.1) is 5.92 Å². The fourth-order valence-electron chi connectivity index (χ4n) is 3.53. The minimum absolute atomic E-state index is 0.227. The van der Waals surface area contributed by atoms with Crippen molar-refractivity contribution in [1.29, 1.82) is 0 Å². The van der Waals surface area contributed by atoms with Crippen molar-refractivity contribution in [2.45, 2.75) is 44.1 Å². The molecule has 0 amide bonds. The Hall–Kier alpha value is -0.860. The van der Waals surface area contributed by atoms with Gasteiger partial charge in [-0.3, -0.25) is 4.90 Å². The van der Waals surface area contributed by atoms with Crippen molar-refractivity contribution in [2.24, 2.45) is 11.7 Å². The van der Waals surface area contributed by atoms with Gasteiger partial charge in [-0.15, -0.1) is 0 Å². The lowest BCUT2D eigenvalue weighted by Crippen LogP contribution is -2.50. The smallest absolute Gasteiger partial charge is 0.0306 e. The van der Waals surface area contributed by atoms with Crippen LogP contribution in [0.4, 0.5) is 0 Å². The summed E-state index contributed by atoms with van der Waals surface area (Å²) >= 11 is 0. The van der Waals surface area contributed by atoms with Crippen LogP contribution in [-0.4, -0.2) is 30.1 Å². The zero-order valence-corrected chi connectivity index (χ0v) is 12.0. The van der Waals surface area contributed by atoms with Crippen molar-refractivity contribution < 1.29 is 0 Å². The minimum Gasteiger partial charge on any atom is -0.329 e. The molecule has 19 heavy (non-hydrogen) atoms. The molecular formula is C17H26N2. The van der Waals surface area contributed by atoms with Crippen LogP contribution in [0.5, 0.6) is 0 Å². The van der Waals surface area contributed by atoms with Gasteiger partial charge in [0, 0.05) is 18.6 Å². The molecule has 1 aliphatic carbocycles. The fraction of sp³-hybridized carbons (Fsp3) is 0.647. The first-order valence-electron chi connectivity index (χ1n) is 7.71. The Labute approximate surface area is 117 Å². The first kappa shape index (κ1) is 13.1. The highest BCUT2D eigenvalue weighted by Gasteiger charge is 2.40. The van der Waals surface area contributed by atoms with Crippen LogP contribution in [0.25, 0.3) is 0 Å². The van der Waals surface area contributed by atoms with Crippen LogP contribution in [0.3, 0.4) is 0 Å². The van der Waals surface area contributed by atoms with E-state index in [1.54, 1.807) is 0 Å². The average Bonchev–Trinajstić information content (AvgIpc) is 3.11. The van der Waals surface area contributed by atoms with Crippen molar-refractivity contribution in [3.05, 3.63) is 35.9 Å². The lowest BCUT2D eigenvalue weighted by molar-refractivity contribution is 0.124. The maximum atomic E-state index is 6.11. The molecule has 2 N–H and O–H groups in total. The highest BCUT2D eigenvalue weighted by atomic mass is 15.2. The molecule has 0 spiro atoms. The summed E-state index contributed by atoms with van der Waals surface area (Å²) in [4.78, 5) is 2.66. The molecule has 2 nitrogen and oxygen atoms in total. The van der Waals surface area contributed by atoms with Crippen LogP contribution in [0.2, 0.25) is 0 Å². The van der Waals surface area contributed by atoms with Gasteiger partial charge in [0.15, 0.2) is 0 Å². The summed E-state index contributed by atoms with van der Waals surface area (Å²) in [6, 6.07) is 11.0. The molecule has 0 bridgehead atoms. The average molecular weight is 258 g/mol. The van der Waals surface area contributed by atoms with E-state index in [2.05, 4.69) is 42.2 Å². The van der Waals surface area contributed by atoms with Gasteiger partial charge >= 0.3 is 0 Å². The van der Waals surface area contributed by atoms with Crippen molar-refractivity contribution in [1.82, 2.24) is 4.90 Å². The van der Waals surface area contributed by atoms with Gasteiger partial charge in [0.05, 0.1) is 0 Å². The normalized spacial score (nSPS) is 27.4. The summed E-state index contributed by atoms with van der Waals surface area (Å²) in [6.45, 7) is 5.56. The molecule has 2 atom stereocenters. The van der Waals surface area contributed by atoms with Crippen molar-refractivity contribution in [3.63, 3.8) is 0 Å². The van der Waals surface area contributed by atoms with E-state index in [4.69, 9.17) is 5.73 Å². The van der Waals surface area contributed by atoms with Gasteiger partial charge in [0.25, 0.3) is 0 Å². The molecule has 2 fully saturated rings. The number of nitrogens with zero attached hydrogens (tertiary/aromatic N) is 1. The van der Waals surface area contributed by atoms with Gasteiger partial charge < -0.3 is 5.73 Å². The molecule has 1 saturated heterocycles. The molecule has 2 heteroatoms. The maximum Gasteiger partial charge on any atom is 0.0306 e. The Balaban J connectivity index is 1.67. The minimum atomic E-state index is 0.227. The third kappa shape index (κ3) is 2.85. The van der Waals surface area contributed by atoms with Gasteiger partial charge in [0.1, 0.15) is 0 Å². The van der Waals surface area contributed by atoms with Crippen LogP contribution in [0.1, 0.15) is 44.1 Å². The second-order valence-electron chi connectivity index (χ2n) is 6.69. The van der Waals surface area contributed by atoms with Crippen LogP contribution in [-0.2, 0) is 0 Å². The Morgan fingerprint density at radius 2 is 1.95 bits per heavy atom. The van der Waals surface area contributed by atoms with E-state index in [0.717, 1.165) is 12.5 Å². The van der Waals surface area contributed by atoms with Gasteiger partial charge in [-0.05, 0) is 43.7 Å². The first-order valence-corrected chi connectivity index (χ1v) is 7.71. The van der Waals surface area contributed by atoms with Gasteiger partial charge in [-0.1, -0.05) is 43.2 Å². The van der Waals surface area contributed by atoms with Crippen LogP contribution >= 0.6 is 0 Å². The number of likely N-dealkylation sites (tertiary alicyclic amines) is 1. The molecule has 0 radical (unpaired) electrons. The summed E-state index contributed by atoms with van der Waals surface area (Å²) in [5.41, 5.74) is 7.83. The van der Waals surface area contributed by atoms with E-state index >= 15 is 0 Å². The highest BCUT2D eigenvalue weighted by molar-refractivity contribution is 5.21. The lowest BCUT2D eigenvalue weighted by atomic mass is 9.92. The highest BCUT2D eigenvalue weighted by Crippen LogP contribution is 2.41. The number of nitrogens with two attached hydrogens (primary N) is 1. The van der Waals surface area contributed by atoms with E-state index in [1.165, 1.54) is 44.3 Å². The summed E-state index contributed by atoms with van der Waals surface area (Å²) in [7, 11) is 0. The Bertz CT molecular complexity index is 413. The van der Waals surface area contributed by atoms with E-state index in [9.17, 15) is 0 Å². The topological polar surface area (TPSA) is 29.3 Å². The Morgan fingerprint density at radius 3 is 2.58 bits per heavy atom. The van der Waals surface area contributed by atoms with E-state index in [1.807, 2.05) is 0 Å². The molecule has 104 valence electrons. The summed E-state index contributed by atoms with van der Waals surface area (Å²) in [5, 5.41) is 0. The molecule has 1 heterocycles. The summed E-state index contributed by atoms with van der Waals surface area (Å²) in [6.07, 6.45) is 5.42. The molecule has 1 aromatic carbocycles. The maximum absolute atomic E-state index is 6.11. The van der Waals surface area contributed by atoms with Gasteiger partial charge in [-0.2, -0.15) is 0 Å². The Kier molecular flexibility index (Phi) is 3.64. The number of benzene rings is 1. The fourth-order valence-corrected chi connectivity index (χ4v) is 3.53. The van der Waals surface area contributed by atoms with E-state index in [0.29, 0.717) is 5.92 Å².